The van der Waals surface area contributed by atoms with Crippen LogP contribution >= 0.6 is 0 Å². The maximum Gasteiger partial charge on any atom is 0.314 e. The molecule has 3 rings (SSSR count). The van der Waals surface area contributed by atoms with Gasteiger partial charge in [-0.3, -0.25) is 9.59 Å². The van der Waals surface area contributed by atoms with Crippen LogP contribution in [0.25, 0.3) is 0 Å². The van der Waals surface area contributed by atoms with Crippen molar-refractivity contribution in [1.82, 2.24) is 5.32 Å². The fraction of sp³-hybridized carbons (Fsp3) is 0.448. The van der Waals surface area contributed by atoms with Crippen molar-refractivity contribution >= 4 is 11.9 Å². The number of unbranched alkanes of at least 4 members (excludes halogenated alkanes) is 2. The Balaban J connectivity index is 1.70. The molecule has 1 amide bonds. The van der Waals surface area contributed by atoms with E-state index in [1.165, 1.54) is 18.4 Å². The van der Waals surface area contributed by atoms with Crippen LogP contribution in [0.4, 0.5) is 0 Å². The highest BCUT2D eigenvalue weighted by Crippen LogP contribution is 2.40. The SMILES string of the molecule is CCCCCc1ccc(C(=O)N[C@@H]2C=C[C@H]([C@@H](C(=O)OCC)c3cc(OC)ccc3OC)C2)cc1. The molecule has 0 unspecified atom stereocenters. The number of amides is 1. The zero-order chi connectivity index (χ0) is 25.2. The van der Waals surface area contributed by atoms with Crippen LogP contribution in [0.15, 0.2) is 54.6 Å². The summed E-state index contributed by atoms with van der Waals surface area (Å²) in [5.41, 5.74) is 2.60. The Kier molecular flexibility index (Phi) is 9.76. The highest BCUT2D eigenvalue weighted by atomic mass is 16.5. The Morgan fingerprint density at radius 3 is 2.43 bits per heavy atom. The molecular formula is C29H37NO5. The lowest BCUT2D eigenvalue weighted by molar-refractivity contribution is -0.146. The molecule has 1 aliphatic rings. The summed E-state index contributed by atoms with van der Waals surface area (Å²) in [5, 5.41) is 3.09. The number of hydrogen-bond acceptors (Lipinski definition) is 5. The Morgan fingerprint density at radius 2 is 1.77 bits per heavy atom. The first-order chi connectivity index (χ1) is 17.0. The van der Waals surface area contributed by atoms with Gasteiger partial charge in [0.25, 0.3) is 5.91 Å². The molecule has 0 fully saturated rings. The smallest absolute Gasteiger partial charge is 0.314 e. The van der Waals surface area contributed by atoms with Gasteiger partial charge in [0.15, 0.2) is 0 Å². The first-order valence-corrected chi connectivity index (χ1v) is 12.5. The minimum atomic E-state index is -0.569. The van der Waals surface area contributed by atoms with Crippen molar-refractivity contribution in [2.75, 3.05) is 20.8 Å². The lowest BCUT2D eigenvalue weighted by atomic mass is 9.84. The van der Waals surface area contributed by atoms with Crippen LogP contribution in [0, 0.1) is 5.92 Å². The Morgan fingerprint density at radius 1 is 1.00 bits per heavy atom. The Hall–Kier alpha value is -3.28. The third kappa shape index (κ3) is 6.87. The van der Waals surface area contributed by atoms with E-state index >= 15 is 0 Å². The molecule has 0 aromatic heterocycles. The lowest BCUT2D eigenvalue weighted by Crippen LogP contribution is -2.34. The van der Waals surface area contributed by atoms with E-state index in [-0.39, 0.29) is 30.4 Å². The van der Waals surface area contributed by atoms with Crippen molar-refractivity contribution in [3.63, 3.8) is 0 Å². The van der Waals surface area contributed by atoms with Crippen LogP contribution in [0.5, 0.6) is 11.5 Å². The van der Waals surface area contributed by atoms with Gasteiger partial charge in [-0.2, -0.15) is 0 Å². The number of allylic oxidation sites excluding steroid dienone is 1. The minimum Gasteiger partial charge on any atom is -0.497 e. The normalized spacial score (nSPS) is 17.6. The average molecular weight is 480 g/mol. The summed E-state index contributed by atoms with van der Waals surface area (Å²) in [6.45, 7) is 4.27. The van der Waals surface area contributed by atoms with Gasteiger partial charge in [-0.25, -0.2) is 0 Å². The first-order valence-electron chi connectivity index (χ1n) is 12.5. The number of ether oxygens (including phenoxy) is 3. The van der Waals surface area contributed by atoms with Crippen LogP contribution in [0.3, 0.4) is 0 Å². The third-order valence-corrected chi connectivity index (χ3v) is 6.46. The highest BCUT2D eigenvalue weighted by Gasteiger charge is 2.36. The average Bonchev–Trinajstić information content (AvgIpc) is 3.32. The number of nitrogens with one attached hydrogen (secondary N) is 1. The number of methoxy groups -OCH3 is 2. The number of benzene rings is 2. The van der Waals surface area contributed by atoms with Gasteiger partial charge in [0.1, 0.15) is 11.5 Å². The van der Waals surface area contributed by atoms with E-state index in [0.29, 0.717) is 29.0 Å². The number of carbonyl (C=O) groups excluding carboxylic acids is 2. The molecule has 0 radical (unpaired) electrons. The maximum atomic E-state index is 13.0. The standard InChI is InChI=1S/C29H37NO5/c1-5-7-8-9-20-10-12-21(13-11-20)28(31)30-23-15-14-22(18-23)27(29(32)35-6-2)25-19-24(33-3)16-17-26(25)34-4/h10-17,19,22-23,27H,5-9,18H2,1-4H3,(H,30,31)/t22-,23+,27+/m0/s1. The van der Waals surface area contributed by atoms with E-state index in [0.717, 1.165) is 12.8 Å². The molecule has 0 heterocycles. The first kappa shape index (κ1) is 26.3. The highest BCUT2D eigenvalue weighted by molar-refractivity contribution is 5.94. The summed E-state index contributed by atoms with van der Waals surface area (Å²) in [6, 6.07) is 13.1. The lowest BCUT2D eigenvalue weighted by Gasteiger charge is -2.24. The summed E-state index contributed by atoms with van der Waals surface area (Å²) < 4.78 is 16.3. The zero-order valence-electron chi connectivity index (χ0n) is 21.2. The molecule has 0 aliphatic heterocycles. The van der Waals surface area contributed by atoms with Crippen LogP contribution < -0.4 is 14.8 Å². The van der Waals surface area contributed by atoms with Crippen molar-refractivity contribution in [2.45, 2.75) is 57.9 Å². The molecule has 1 N–H and O–H groups in total. The van der Waals surface area contributed by atoms with Crippen molar-refractivity contribution in [2.24, 2.45) is 5.92 Å². The monoisotopic (exact) mass is 479 g/mol. The van der Waals surface area contributed by atoms with E-state index in [1.807, 2.05) is 42.5 Å². The largest absolute Gasteiger partial charge is 0.497 e. The van der Waals surface area contributed by atoms with Crippen molar-refractivity contribution in [3.8, 4) is 11.5 Å². The molecule has 35 heavy (non-hydrogen) atoms. The molecule has 3 atom stereocenters. The predicted octanol–water partition coefficient (Wildman–Crippen LogP) is 5.46. The summed E-state index contributed by atoms with van der Waals surface area (Å²) in [6.07, 6.45) is 9.14. The molecule has 2 aromatic rings. The summed E-state index contributed by atoms with van der Waals surface area (Å²) in [4.78, 5) is 25.9. The predicted molar refractivity (Wildman–Crippen MR) is 137 cm³/mol. The second kappa shape index (κ2) is 13.0. The van der Waals surface area contributed by atoms with Gasteiger partial charge in [-0.15, -0.1) is 0 Å². The molecule has 0 bridgehead atoms. The number of carbonyl (C=O) groups is 2. The van der Waals surface area contributed by atoms with E-state index in [9.17, 15) is 9.59 Å². The zero-order valence-corrected chi connectivity index (χ0v) is 21.2. The number of rotatable bonds is 12. The van der Waals surface area contributed by atoms with E-state index in [2.05, 4.69) is 12.2 Å². The van der Waals surface area contributed by atoms with Gasteiger partial charge in [0.05, 0.1) is 26.7 Å². The topological polar surface area (TPSA) is 73.9 Å². The third-order valence-electron chi connectivity index (χ3n) is 6.46. The fourth-order valence-corrected chi connectivity index (χ4v) is 4.58. The molecule has 2 aromatic carbocycles. The fourth-order valence-electron chi connectivity index (χ4n) is 4.58. The van der Waals surface area contributed by atoms with Gasteiger partial charge < -0.3 is 19.5 Å². The van der Waals surface area contributed by atoms with Gasteiger partial charge in [0, 0.05) is 17.2 Å². The van der Waals surface area contributed by atoms with Crippen molar-refractivity contribution in [3.05, 3.63) is 71.3 Å². The summed E-state index contributed by atoms with van der Waals surface area (Å²) >= 11 is 0. The molecule has 6 heteroatoms. The summed E-state index contributed by atoms with van der Waals surface area (Å²) in [7, 11) is 3.17. The molecule has 0 saturated carbocycles. The second-order valence-electron chi connectivity index (χ2n) is 8.86. The summed E-state index contributed by atoms with van der Waals surface area (Å²) in [5.74, 6) is 0.0806. The van der Waals surface area contributed by atoms with Crippen molar-refractivity contribution in [1.29, 1.82) is 0 Å². The van der Waals surface area contributed by atoms with E-state index in [4.69, 9.17) is 14.2 Å². The molecule has 188 valence electrons. The van der Waals surface area contributed by atoms with Crippen LogP contribution in [0.2, 0.25) is 0 Å². The maximum absolute atomic E-state index is 13.0. The molecule has 0 spiro atoms. The number of esters is 1. The van der Waals surface area contributed by atoms with E-state index in [1.54, 1.807) is 33.3 Å². The molecule has 1 aliphatic carbocycles. The second-order valence-corrected chi connectivity index (χ2v) is 8.86. The molecule has 6 nitrogen and oxygen atoms in total. The van der Waals surface area contributed by atoms with Crippen molar-refractivity contribution < 1.29 is 23.8 Å². The van der Waals surface area contributed by atoms with Crippen LogP contribution in [-0.2, 0) is 16.0 Å². The minimum absolute atomic E-state index is 0.118. The number of aryl methyl sites for hydroxylation is 1. The Labute approximate surface area is 208 Å². The van der Waals surface area contributed by atoms with Crippen LogP contribution in [-0.4, -0.2) is 38.7 Å². The van der Waals surface area contributed by atoms with Gasteiger partial charge in [-0.05, 0) is 68.0 Å². The van der Waals surface area contributed by atoms with Crippen LogP contribution in [0.1, 0.15) is 66.9 Å². The van der Waals surface area contributed by atoms with Gasteiger partial charge >= 0.3 is 5.97 Å². The van der Waals surface area contributed by atoms with E-state index < -0.39 is 5.92 Å². The van der Waals surface area contributed by atoms with Gasteiger partial charge in [-0.1, -0.05) is 44.1 Å². The number of hydrogen-bond donors (Lipinski definition) is 1. The molecular weight excluding hydrogens is 442 g/mol. The quantitative estimate of drug-likeness (QED) is 0.249. The van der Waals surface area contributed by atoms with Gasteiger partial charge in [0.2, 0.25) is 0 Å². The Bertz CT molecular complexity index is 1010. The molecule has 0 saturated heterocycles.